The Kier molecular flexibility index (Phi) is 4.93. The molecular formula is C13H21N5. The largest absolute Gasteiger partial charge is 0.397 e. The van der Waals surface area contributed by atoms with Crippen LogP contribution in [0.3, 0.4) is 0 Å². The van der Waals surface area contributed by atoms with Crippen molar-refractivity contribution >= 4 is 11.5 Å². The number of aromatic nitrogens is 1. The van der Waals surface area contributed by atoms with Crippen molar-refractivity contribution in [2.75, 3.05) is 37.8 Å². The zero-order chi connectivity index (χ0) is 13.7. The van der Waals surface area contributed by atoms with Crippen molar-refractivity contribution in [3.8, 4) is 6.07 Å². The summed E-state index contributed by atoms with van der Waals surface area (Å²) < 4.78 is 0. The molecule has 98 valence electrons. The van der Waals surface area contributed by atoms with E-state index in [9.17, 15) is 0 Å². The van der Waals surface area contributed by atoms with Gasteiger partial charge in [-0.1, -0.05) is 0 Å². The first kappa shape index (κ1) is 14.3. The number of rotatable bonds is 5. The fraction of sp³-hybridized carbons (Fsp3) is 0.538. The van der Waals surface area contributed by atoms with E-state index in [0.29, 0.717) is 17.1 Å². The lowest BCUT2D eigenvalue weighted by atomic mass is 10.2. The van der Waals surface area contributed by atoms with E-state index in [-0.39, 0.29) is 6.04 Å². The van der Waals surface area contributed by atoms with Gasteiger partial charge in [0.25, 0.3) is 0 Å². The van der Waals surface area contributed by atoms with Crippen molar-refractivity contribution in [2.24, 2.45) is 0 Å². The van der Waals surface area contributed by atoms with Gasteiger partial charge in [0, 0.05) is 19.1 Å². The molecule has 0 amide bonds. The van der Waals surface area contributed by atoms with Crippen molar-refractivity contribution in [2.45, 2.75) is 19.9 Å². The summed E-state index contributed by atoms with van der Waals surface area (Å²) in [5, 5.41) is 9.17. The third kappa shape index (κ3) is 3.34. The summed E-state index contributed by atoms with van der Waals surface area (Å²) in [4.78, 5) is 8.55. The van der Waals surface area contributed by atoms with Crippen molar-refractivity contribution in [1.82, 2.24) is 9.88 Å². The highest BCUT2D eigenvalue weighted by molar-refractivity contribution is 5.59. The van der Waals surface area contributed by atoms with E-state index in [1.54, 1.807) is 12.3 Å². The predicted octanol–water partition coefficient (Wildman–Crippen LogP) is 1.31. The van der Waals surface area contributed by atoms with Gasteiger partial charge in [-0.15, -0.1) is 0 Å². The Morgan fingerprint density at radius 1 is 1.50 bits per heavy atom. The molecule has 1 rings (SSSR count). The fourth-order valence-corrected chi connectivity index (χ4v) is 2.08. The molecular weight excluding hydrogens is 226 g/mol. The van der Waals surface area contributed by atoms with Crippen LogP contribution in [-0.4, -0.2) is 43.1 Å². The number of anilines is 2. The summed E-state index contributed by atoms with van der Waals surface area (Å²) in [7, 11) is 4.07. The molecule has 0 saturated carbocycles. The first-order valence-electron chi connectivity index (χ1n) is 6.06. The van der Waals surface area contributed by atoms with E-state index in [0.717, 1.165) is 13.1 Å². The smallest absolute Gasteiger partial charge is 0.146 e. The van der Waals surface area contributed by atoms with E-state index in [2.05, 4.69) is 34.7 Å². The van der Waals surface area contributed by atoms with Crippen LogP contribution in [0.15, 0.2) is 12.3 Å². The Balaban J connectivity index is 3.05. The highest BCUT2D eigenvalue weighted by Crippen LogP contribution is 2.21. The van der Waals surface area contributed by atoms with Gasteiger partial charge in [0.2, 0.25) is 0 Å². The van der Waals surface area contributed by atoms with Gasteiger partial charge in [0.05, 0.1) is 17.4 Å². The SMILES string of the molecule is CCN(c1ncc(N)cc1C#N)C(C)CN(C)C. The lowest BCUT2D eigenvalue weighted by Crippen LogP contribution is -2.41. The van der Waals surface area contributed by atoms with Crippen molar-refractivity contribution in [3.63, 3.8) is 0 Å². The summed E-state index contributed by atoms with van der Waals surface area (Å²) >= 11 is 0. The molecule has 1 aromatic heterocycles. The maximum absolute atomic E-state index is 9.17. The van der Waals surface area contributed by atoms with E-state index in [1.165, 1.54) is 0 Å². The minimum Gasteiger partial charge on any atom is -0.397 e. The van der Waals surface area contributed by atoms with Gasteiger partial charge >= 0.3 is 0 Å². The Labute approximate surface area is 109 Å². The van der Waals surface area contributed by atoms with Crippen LogP contribution in [0.4, 0.5) is 11.5 Å². The van der Waals surface area contributed by atoms with Crippen LogP contribution >= 0.6 is 0 Å². The summed E-state index contributed by atoms with van der Waals surface area (Å²) in [5.74, 6) is 0.712. The number of likely N-dealkylation sites (N-methyl/N-ethyl adjacent to an activating group) is 2. The minimum absolute atomic E-state index is 0.285. The molecule has 1 heterocycles. The number of nitrogens with zero attached hydrogens (tertiary/aromatic N) is 4. The number of pyridine rings is 1. The topological polar surface area (TPSA) is 69.2 Å². The Hall–Kier alpha value is -1.80. The summed E-state index contributed by atoms with van der Waals surface area (Å²) in [6.45, 7) is 5.90. The maximum atomic E-state index is 9.17. The average molecular weight is 247 g/mol. The number of nitrogen functional groups attached to an aromatic ring is 1. The molecule has 18 heavy (non-hydrogen) atoms. The number of nitrogens with two attached hydrogens (primary N) is 1. The molecule has 1 atom stereocenters. The van der Waals surface area contributed by atoms with Gasteiger partial charge in [-0.2, -0.15) is 5.26 Å². The van der Waals surface area contributed by atoms with E-state index >= 15 is 0 Å². The van der Waals surface area contributed by atoms with Gasteiger partial charge in [-0.3, -0.25) is 0 Å². The predicted molar refractivity (Wildman–Crippen MR) is 74.4 cm³/mol. The molecule has 0 spiro atoms. The van der Waals surface area contributed by atoms with Gasteiger partial charge in [0.1, 0.15) is 11.9 Å². The molecule has 0 bridgehead atoms. The minimum atomic E-state index is 0.285. The second kappa shape index (κ2) is 6.22. The molecule has 0 saturated heterocycles. The highest BCUT2D eigenvalue weighted by Gasteiger charge is 2.18. The zero-order valence-electron chi connectivity index (χ0n) is 11.5. The lowest BCUT2D eigenvalue weighted by Gasteiger charge is -2.31. The van der Waals surface area contributed by atoms with Crippen LogP contribution in [0, 0.1) is 11.3 Å². The van der Waals surface area contributed by atoms with Gasteiger partial charge in [-0.05, 0) is 34.0 Å². The first-order chi connectivity index (χ1) is 8.49. The highest BCUT2D eigenvalue weighted by atomic mass is 15.2. The number of hydrogen-bond donors (Lipinski definition) is 1. The van der Waals surface area contributed by atoms with Gasteiger partial charge in [-0.25, -0.2) is 4.98 Å². The molecule has 5 heteroatoms. The van der Waals surface area contributed by atoms with Crippen LogP contribution < -0.4 is 10.6 Å². The maximum Gasteiger partial charge on any atom is 0.146 e. The Bertz CT molecular complexity index is 435. The fourth-order valence-electron chi connectivity index (χ4n) is 2.08. The molecule has 0 aliphatic rings. The molecule has 0 aliphatic carbocycles. The van der Waals surface area contributed by atoms with Crippen LogP contribution in [0.1, 0.15) is 19.4 Å². The molecule has 1 aromatic rings. The third-order valence-electron chi connectivity index (χ3n) is 2.78. The third-order valence-corrected chi connectivity index (χ3v) is 2.78. The lowest BCUT2D eigenvalue weighted by molar-refractivity contribution is 0.372. The standard InChI is InChI=1S/C13H21N5/c1-5-18(10(2)9-17(3)4)13-11(7-14)6-12(15)8-16-13/h6,8,10H,5,9,15H2,1-4H3. The van der Waals surface area contributed by atoms with Crippen molar-refractivity contribution in [3.05, 3.63) is 17.8 Å². The van der Waals surface area contributed by atoms with Crippen molar-refractivity contribution < 1.29 is 0 Å². The quantitative estimate of drug-likeness (QED) is 0.849. The second-order valence-corrected chi connectivity index (χ2v) is 4.65. The molecule has 2 N–H and O–H groups in total. The Morgan fingerprint density at radius 2 is 2.17 bits per heavy atom. The van der Waals surface area contributed by atoms with Crippen LogP contribution in [-0.2, 0) is 0 Å². The normalized spacial score (nSPS) is 12.2. The Morgan fingerprint density at radius 3 is 2.67 bits per heavy atom. The van der Waals surface area contributed by atoms with Gasteiger partial charge < -0.3 is 15.5 Å². The molecule has 0 aromatic carbocycles. The zero-order valence-corrected chi connectivity index (χ0v) is 11.5. The average Bonchev–Trinajstić information content (AvgIpc) is 2.30. The molecule has 1 unspecified atom stereocenters. The molecule has 5 nitrogen and oxygen atoms in total. The van der Waals surface area contributed by atoms with E-state index in [1.807, 2.05) is 14.1 Å². The van der Waals surface area contributed by atoms with Crippen LogP contribution in [0.25, 0.3) is 0 Å². The van der Waals surface area contributed by atoms with Crippen molar-refractivity contribution in [1.29, 1.82) is 5.26 Å². The van der Waals surface area contributed by atoms with E-state index in [4.69, 9.17) is 11.0 Å². The number of hydrogen-bond acceptors (Lipinski definition) is 5. The second-order valence-electron chi connectivity index (χ2n) is 4.65. The van der Waals surface area contributed by atoms with Crippen LogP contribution in [0.2, 0.25) is 0 Å². The molecule has 0 fully saturated rings. The monoisotopic (exact) mass is 247 g/mol. The summed E-state index contributed by atoms with van der Waals surface area (Å²) in [5.41, 5.74) is 6.71. The van der Waals surface area contributed by atoms with Crippen LogP contribution in [0.5, 0.6) is 0 Å². The summed E-state index contributed by atoms with van der Waals surface area (Å²) in [6, 6.07) is 4.12. The molecule has 0 aliphatic heterocycles. The summed E-state index contributed by atoms with van der Waals surface area (Å²) in [6.07, 6.45) is 1.60. The van der Waals surface area contributed by atoms with Gasteiger partial charge in [0.15, 0.2) is 0 Å². The first-order valence-corrected chi connectivity index (χ1v) is 6.06. The van der Waals surface area contributed by atoms with E-state index < -0.39 is 0 Å². The molecule has 0 radical (unpaired) electrons. The number of nitriles is 1.